The van der Waals surface area contributed by atoms with Crippen LogP contribution in [0.1, 0.15) is 21.5 Å². The van der Waals surface area contributed by atoms with Crippen LogP contribution < -0.4 is 5.32 Å². The lowest BCUT2D eigenvalue weighted by molar-refractivity contribution is -0.139. The quantitative estimate of drug-likeness (QED) is 0.868. The van der Waals surface area contributed by atoms with E-state index in [0.29, 0.717) is 23.3 Å². The normalized spacial score (nSPS) is 11.4. The third-order valence-electron chi connectivity index (χ3n) is 3.36. The molecule has 0 saturated heterocycles. The van der Waals surface area contributed by atoms with Gasteiger partial charge < -0.3 is 10.4 Å². The summed E-state index contributed by atoms with van der Waals surface area (Å²) in [4.78, 5) is 23.3. The Bertz CT molecular complexity index is 837. The summed E-state index contributed by atoms with van der Waals surface area (Å²) < 4.78 is 40.1. The summed E-state index contributed by atoms with van der Waals surface area (Å²) in [5.41, 5.74) is -0.200. The fourth-order valence-corrected chi connectivity index (χ4v) is 2.14. The van der Waals surface area contributed by atoms with Gasteiger partial charge in [0.25, 0.3) is 5.91 Å². The summed E-state index contributed by atoms with van der Waals surface area (Å²) >= 11 is 0. The Morgan fingerprint density at radius 2 is 1.68 bits per heavy atom. The van der Waals surface area contributed by atoms with Crippen LogP contribution in [0.2, 0.25) is 0 Å². The van der Waals surface area contributed by atoms with Crippen molar-refractivity contribution >= 4 is 11.9 Å². The molecular weight excluding hydrogens is 337 g/mol. The highest BCUT2D eigenvalue weighted by Crippen LogP contribution is 2.15. The Hall–Kier alpha value is -3.34. The zero-order valence-corrected chi connectivity index (χ0v) is 12.6. The molecule has 2 N–H and O–H groups in total. The predicted octanol–water partition coefficient (Wildman–Crippen LogP) is 2.40. The van der Waals surface area contributed by atoms with E-state index in [4.69, 9.17) is 5.26 Å². The zero-order valence-electron chi connectivity index (χ0n) is 12.6. The van der Waals surface area contributed by atoms with Gasteiger partial charge in [-0.2, -0.15) is 5.26 Å². The second-order valence-electron chi connectivity index (χ2n) is 5.12. The molecule has 25 heavy (non-hydrogen) atoms. The molecule has 1 atom stereocenters. The molecule has 2 aromatic carbocycles. The number of carboxylic acids is 1. The highest BCUT2D eigenvalue weighted by molar-refractivity contribution is 5.97. The van der Waals surface area contributed by atoms with Crippen LogP contribution in [0.3, 0.4) is 0 Å². The molecule has 0 radical (unpaired) electrons. The molecule has 2 rings (SSSR count). The Kier molecular flexibility index (Phi) is 5.39. The first-order valence-electron chi connectivity index (χ1n) is 6.99. The van der Waals surface area contributed by atoms with Gasteiger partial charge in [0.2, 0.25) is 0 Å². The molecular formula is C17H11F3N2O3. The Morgan fingerprint density at radius 3 is 2.16 bits per heavy atom. The molecule has 0 aromatic heterocycles. The number of hydrogen-bond donors (Lipinski definition) is 2. The average Bonchev–Trinajstić information content (AvgIpc) is 2.53. The van der Waals surface area contributed by atoms with Gasteiger partial charge in [-0.3, -0.25) is 4.79 Å². The number of carbonyl (C=O) groups excluding carboxylic acids is 1. The van der Waals surface area contributed by atoms with Crippen LogP contribution in [0, 0.1) is 28.8 Å². The minimum Gasteiger partial charge on any atom is -0.480 e. The van der Waals surface area contributed by atoms with Crippen molar-refractivity contribution in [2.45, 2.75) is 12.5 Å². The van der Waals surface area contributed by atoms with Crippen molar-refractivity contribution in [1.82, 2.24) is 5.32 Å². The number of halogens is 3. The van der Waals surface area contributed by atoms with E-state index in [0.717, 1.165) is 0 Å². The zero-order chi connectivity index (χ0) is 18.6. The second kappa shape index (κ2) is 7.49. The standard InChI is InChI=1S/C17H11F3N2O3/c18-11-6-12(19)15(13(20)7-11)16(23)22-14(17(24)25)5-9-1-3-10(8-21)4-2-9/h1-4,6-7,14H,5H2,(H,22,23)(H,24,25)/t14-/m1/s1. The van der Waals surface area contributed by atoms with Gasteiger partial charge in [0.1, 0.15) is 29.1 Å². The lowest BCUT2D eigenvalue weighted by Crippen LogP contribution is -2.43. The molecule has 0 aliphatic carbocycles. The molecule has 0 fully saturated rings. The fraction of sp³-hybridized carbons (Fsp3) is 0.118. The molecule has 5 nitrogen and oxygen atoms in total. The van der Waals surface area contributed by atoms with Crippen LogP contribution in [-0.4, -0.2) is 23.0 Å². The minimum atomic E-state index is -1.47. The van der Waals surface area contributed by atoms with Gasteiger partial charge in [0.05, 0.1) is 11.6 Å². The van der Waals surface area contributed by atoms with Crippen LogP contribution in [0.4, 0.5) is 13.2 Å². The molecule has 0 bridgehead atoms. The molecule has 8 heteroatoms. The van der Waals surface area contributed by atoms with Crippen molar-refractivity contribution in [3.8, 4) is 6.07 Å². The van der Waals surface area contributed by atoms with Crippen molar-refractivity contribution < 1.29 is 27.9 Å². The van der Waals surface area contributed by atoms with E-state index in [1.165, 1.54) is 24.3 Å². The Labute approximate surface area is 140 Å². The van der Waals surface area contributed by atoms with Crippen molar-refractivity contribution in [1.29, 1.82) is 5.26 Å². The number of hydrogen-bond acceptors (Lipinski definition) is 3. The van der Waals surface area contributed by atoms with Gasteiger partial charge >= 0.3 is 5.97 Å². The monoisotopic (exact) mass is 348 g/mol. The van der Waals surface area contributed by atoms with Gasteiger partial charge in [0.15, 0.2) is 0 Å². The highest BCUT2D eigenvalue weighted by atomic mass is 19.1. The van der Waals surface area contributed by atoms with Crippen LogP contribution in [0.25, 0.3) is 0 Å². The molecule has 2 aromatic rings. The number of aliphatic carboxylic acids is 1. The smallest absolute Gasteiger partial charge is 0.326 e. The van der Waals surface area contributed by atoms with Crippen LogP contribution >= 0.6 is 0 Å². The first kappa shape index (κ1) is 18.0. The summed E-state index contributed by atoms with van der Waals surface area (Å²) in [6, 6.07) is 7.02. The summed E-state index contributed by atoms with van der Waals surface area (Å²) in [5.74, 6) is -6.79. The van der Waals surface area contributed by atoms with E-state index >= 15 is 0 Å². The minimum absolute atomic E-state index is 0.169. The number of amides is 1. The van der Waals surface area contributed by atoms with Gasteiger partial charge in [-0.15, -0.1) is 0 Å². The Morgan fingerprint density at radius 1 is 1.12 bits per heavy atom. The van der Waals surface area contributed by atoms with E-state index in [1.54, 1.807) is 0 Å². The molecule has 0 unspecified atom stereocenters. The molecule has 0 heterocycles. The first-order chi connectivity index (χ1) is 11.8. The number of nitriles is 1. The first-order valence-corrected chi connectivity index (χ1v) is 6.99. The third-order valence-corrected chi connectivity index (χ3v) is 3.36. The van der Waals surface area contributed by atoms with Gasteiger partial charge in [-0.05, 0) is 17.7 Å². The van der Waals surface area contributed by atoms with E-state index in [9.17, 15) is 27.9 Å². The number of nitrogens with zero attached hydrogens (tertiary/aromatic N) is 1. The van der Waals surface area contributed by atoms with Crippen LogP contribution in [-0.2, 0) is 11.2 Å². The lowest BCUT2D eigenvalue weighted by atomic mass is 10.0. The summed E-state index contributed by atoms with van der Waals surface area (Å²) in [7, 11) is 0. The molecule has 0 spiro atoms. The maximum atomic E-state index is 13.6. The SMILES string of the molecule is N#Cc1ccc(C[C@@H](NC(=O)c2c(F)cc(F)cc2F)C(=O)O)cc1. The second-order valence-corrected chi connectivity index (χ2v) is 5.12. The molecule has 0 saturated carbocycles. The number of rotatable bonds is 5. The summed E-state index contributed by atoms with van der Waals surface area (Å²) in [6.45, 7) is 0. The topological polar surface area (TPSA) is 90.2 Å². The Balaban J connectivity index is 2.20. The van der Waals surface area contributed by atoms with Crippen molar-refractivity contribution in [2.24, 2.45) is 0 Å². The maximum absolute atomic E-state index is 13.6. The van der Waals surface area contributed by atoms with E-state index in [-0.39, 0.29) is 6.42 Å². The van der Waals surface area contributed by atoms with E-state index in [1.807, 2.05) is 11.4 Å². The molecule has 0 aliphatic heterocycles. The molecule has 1 amide bonds. The van der Waals surface area contributed by atoms with E-state index < -0.39 is 40.9 Å². The van der Waals surface area contributed by atoms with Crippen molar-refractivity contribution in [3.05, 3.63) is 70.5 Å². The largest absolute Gasteiger partial charge is 0.480 e. The lowest BCUT2D eigenvalue weighted by Gasteiger charge is -2.15. The summed E-state index contributed by atoms with van der Waals surface area (Å²) in [6.07, 6.45) is -0.169. The van der Waals surface area contributed by atoms with Gasteiger partial charge in [0, 0.05) is 18.6 Å². The average molecular weight is 348 g/mol. The number of benzene rings is 2. The highest BCUT2D eigenvalue weighted by Gasteiger charge is 2.25. The number of nitrogens with one attached hydrogen (secondary N) is 1. The van der Waals surface area contributed by atoms with Crippen LogP contribution in [0.15, 0.2) is 36.4 Å². The number of carboxylic acid groups (broad SMARTS) is 1. The molecule has 0 aliphatic rings. The summed E-state index contributed by atoms with van der Waals surface area (Å²) in [5, 5.41) is 19.9. The van der Waals surface area contributed by atoms with Crippen LogP contribution in [0.5, 0.6) is 0 Å². The number of carbonyl (C=O) groups is 2. The van der Waals surface area contributed by atoms with E-state index in [2.05, 4.69) is 0 Å². The van der Waals surface area contributed by atoms with Gasteiger partial charge in [-0.25, -0.2) is 18.0 Å². The van der Waals surface area contributed by atoms with Gasteiger partial charge in [-0.1, -0.05) is 12.1 Å². The third kappa shape index (κ3) is 4.35. The van der Waals surface area contributed by atoms with Crippen molar-refractivity contribution in [3.63, 3.8) is 0 Å². The predicted molar refractivity (Wildman–Crippen MR) is 80.1 cm³/mol. The fourth-order valence-electron chi connectivity index (χ4n) is 2.14. The maximum Gasteiger partial charge on any atom is 0.326 e. The molecule has 128 valence electrons. The van der Waals surface area contributed by atoms with Crippen molar-refractivity contribution in [2.75, 3.05) is 0 Å².